The van der Waals surface area contributed by atoms with E-state index in [0.717, 1.165) is 11.8 Å². The smallest absolute Gasteiger partial charge is 0.00232 e. The highest BCUT2D eigenvalue weighted by Gasteiger charge is 2.08. The van der Waals surface area contributed by atoms with Crippen LogP contribution in [0.3, 0.4) is 0 Å². The van der Waals surface area contributed by atoms with Crippen LogP contribution in [0.15, 0.2) is 0 Å². The van der Waals surface area contributed by atoms with Crippen LogP contribution in [0.4, 0.5) is 0 Å². The maximum Gasteiger partial charge on any atom is -0.00232 e. The Bertz CT molecular complexity index is 89.0. The van der Waals surface area contributed by atoms with Crippen LogP contribution in [0.5, 0.6) is 0 Å². The first-order valence-corrected chi connectivity index (χ1v) is 4.99. The molecular weight excluding hydrogens is 134 g/mol. The summed E-state index contributed by atoms with van der Waals surface area (Å²) in [6, 6.07) is 0. The Kier molecular flexibility index (Phi) is 3.92. The van der Waals surface area contributed by atoms with Crippen LogP contribution in [0.1, 0.15) is 39.5 Å². The molecule has 2 atom stereocenters. The highest BCUT2D eigenvalue weighted by molar-refractivity contribution is 4.64. The van der Waals surface area contributed by atoms with Crippen LogP contribution in [-0.4, -0.2) is 13.1 Å². The summed E-state index contributed by atoms with van der Waals surface area (Å²) >= 11 is 0. The summed E-state index contributed by atoms with van der Waals surface area (Å²) in [6.45, 7) is 7.18. The third kappa shape index (κ3) is 3.76. The number of nitrogens with one attached hydrogen (secondary N) is 1. The standard InChI is InChI=1S/C10H21N/c1-9-4-3-5-10(2)8-11-7-6-9/h9-11H,3-8H2,1-2H3. The van der Waals surface area contributed by atoms with Gasteiger partial charge >= 0.3 is 0 Å². The van der Waals surface area contributed by atoms with Gasteiger partial charge in [-0.3, -0.25) is 0 Å². The van der Waals surface area contributed by atoms with Crippen LogP contribution in [0, 0.1) is 11.8 Å². The zero-order chi connectivity index (χ0) is 8.10. The minimum Gasteiger partial charge on any atom is -0.316 e. The molecule has 0 radical (unpaired) electrons. The Morgan fingerprint density at radius 3 is 2.55 bits per heavy atom. The molecule has 0 amide bonds. The normalized spacial score (nSPS) is 35.5. The fraction of sp³-hybridized carbons (Fsp3) is 1.00. The van der Waals surface area contributed by atoms with Gasteiger partial charge in [-0.2, -0.15) is 0 Å². The highest BCUT2D eigenvalue weighted by atomic mass is 14.9. The number of hydrogen-bond acceptors (Lipinski definition) is 1. The number of hydrogen-bond donors (Lipinski definition) is 1. The van der Waals surface area contributed by atoms with Gasteiger partial charge in [0.2, 0.25) is 0 Å². The van der Waals surface area contributed by atoms with E-state index in [1.54, 1.807) is 0 Å². The second-order valence-corrected chi connectivity index (χ2v) is 4.13. The zero-order valence-electron chi connectivity index (χ0n) is 7.90. The molecule has 1 aliphatic rings. The SMILES string of the molecule is CC1CCCC(C)CNCC1. The first kappa shape index (κ1) is 9.05. The van der Waals surface area contributed by atoms with Crippen molar-refractivity contribution in [1.29, 1.82) is 0 Å². The van der Waals surface area contributed by atoms with Crippen molar-refractivity contribution in [3.05, 3.63) is 0 Å². The third-order valence-electron chi connectivity index (χ3n) is 2.70. The summed E-state index contributed by atoms with van der Waals surface area (Å²) in [4.78, 5) is 0. The van der Waals surface area contributed by atoms with E-state index in [2.05, 4.69) is 19.2 Å². The van der Waals surface area contributed by atoms with Gasteiger partial charge in [0.1, 0.15) is 0 Å². The number of rotatable bonds is 0. The molecule has 1 fully saturated rings. The Hall–Kier alpha value is -0.0400. The van der Waals surface area contributed by atoms with E-state index in [0.29, 0.717) is 0 Å². The van der Waals surface area contributed by atoms with Crippen molar-refractivity contribution < 1.29 is 0 Å². The van der Waals surface area contributed by atoms with Gasteiger partial charge in [-0.1, -0.05) is 26.7 Å². The van der Waals surface area contributed by atoms with Crippen molar-refractivity contribution in [1.82, 2.24) is 5.32 Å². The van der Waals surface area contributed by atoms with E-state index in [1.807, 2.05) is 0 Å². The maximum atomic E-state index is 3.51. The molecule has 1 rings (SSSR count). The monoisotopic (exact) mass is 155 g/mol. The predicted octanol–water partition coefficient (Wildman–Crippen LogP) is 2.42. The summed E-state index contributed by atoms with van der Waals surface area (Å²) in [7, 11) is 0. The Balaban J connectivity index is 2.24. The topological polar surface area (TPSA) is 12.0 Å². The minimum atomic E-state index is 0.889. The van der Waals surface area contributed by atoms with Gasteiger partial charge in [-0.25, -0.2) is 0 Å². The van der Waals surface area contributed by atoms with Crippen LogP contribution >= 0.6 is 0 Å². The fourth-order valence-electron chi connectivity index (χ4n) is 1.76. The summed E-state index contributed by atoms with van der Waals surface area (Å²) < 4.78 is 0. The van der Waals surface area contributed by atoms with E-state index >= 15 is 0 Å². The van der Waals surface area contributed by atoms with Gasteiger partial charge in [0.05, 0.1) is 0 Å². The zero-order valence-corrected chi connectivity index (χ0v) is 7.90. The van der Waals surface area contributed by atoms with Gasteiger partial charge in [0.15, 0.2) is 0 Å². The van der Waals surface area contributed by atoms with E-state index < -0.39 is 0 Å². The molecule has 1 N–H and O–H groups in total. The molecule has 1 aliphatic heterocycles. The second kappa shape index (κ2) is 4.76. The molecule has 1 nitrogen and oxygen atoms in total. The lowest BCUT2D eigenvalue weighted by Crippen LogP contribution is -2.21. The highest BCUT2D eigenvalue weighted by Crippen LogP contribution is 2.16. The molecule has 2 unspecified atom stereocenters. The Morgan fingerprint density at radius 1 is 1.00 bits per heavy atom. The largest absolute Gasteiger partial charge is 0.316 e. The predicted molar refractivity (Wildman–Crippen MR) is 49.7 cm³/mol. The summed E-state index contributed by atoms with van der Waals surface area (Å²) in [5, 5.41) is 3.51. The molecule has 66 valence electrons. The fourth-order valence-corrected chi connectivity index (χ4v) is 1.76. The van der Waals surface area contributed by atoms with E-state index in [-0.39, 0.29) is 0 Å². The van der Waals surface area contributed by atoms with Gasteiger partial charge in [0, 0.05) is 0 Å². The second-order valence-electron chi connectivity index (χ2n) is 4.13. The first-order chi connectivity index (χ1) is 5.29. The molecule has 0 aromatic heterocycles. The quantitative estimate of drug-likeness (QED) is 0.566. The van der Waals surface area contributed by atoms with Crippen LogP contribution in [0.2, 0.25) is 0 Å². The average Bonchev–Trinajstić information content (AvgIpc) is 2.04. The lowest BCUT2D eigenvalue weighted by Gasteiger charge is -2.08. The third-order valence-corrected chi connectivity index (χ3v) is 2.70. The van der Waals surface area contributed by atoms with Crippen molar-refractivity contribution in [3.8, 4) is 0 Å². The molecule has 0 aromatic carbocycles. The van der Waals surface area contributed by atoms with Gasteiger partial charge < -0.3 is 5.32 Å². The van der Waals surface area contributed by atoms with Crippen LogP contribution in [-0.2, 0) is 0 Å². The Morgan fingerprint density at radius 2 is 1.73 bits per heavy atom. The van der Waals surface area contributed by atoms with Gasteiger partial charge in [-0.15, -0.1) is 0 Å². The van der Waals surface area contributed by atoms with Crippen molar-refractivity contribution >= 4 is 0 Å². The van der Waals surface area contributed by atoms with Gasteiger partial charge in [0.25, 0.3) is 0 Å². The lowest BCUT2D eigenvalue weighted by atomic mass is 9.98. The molecule has 1 saturated heterocycles. The maximum absolute atomic E-state index is 3.51. The molecule has 0 aliphatic carbocycles. The van der Waals surface area contributed by atoms with Crippen molar-refractivity contribution in [2.75, 3.05) is 13.1 Å². The van der Waals surface area contributed by atoms with E-state index in [4.69, 9.17) is 0 Å². The molecular formula is C10H21N. The van der Waals surface area contributed by atoms with Crippen molar-refractivity contribution in [2.45, 2.75) is 39.5 Å². The lowest BCUT2D eigenvalue weighted by molar-refractivity contribution is 0.459. The van der Waals surface area contributed by atoms with Crippen LogP contribution < -0.4 is 5.32 Å². The molecule has 0 saturated carbocycles. The molecule has 1 heterocycles. The Labute approximate surface area is 70.6 Å². The van der Waals surface area contributed by atoms with Crippen molar-refractivity contribution in [2.24, 2.45) is 11.8 Å². The summed E-state index contributed by atoms with van der Waals surface area (Å²) in [5.74, 6) is 1.83. The molecule has 0 bridgehead atoms. The molecule has 0 aromatic rings. The van der Waals surface area contributed by atoms with Gasteiger partial charge in [-0.05, 0) is 37.8 Å². The van der Waals surface area contributed by atoms with E-state index in [1.165, 1.54) is 38.8 Å². The summed E-state index contributed by atoms with van der Waals surface area (Å²) in [6.07, 6.45) is 5.65. The minimum absolute atomic E-state index is 0.889. The van der Waals surface area contributed by atoms with E-state index in [9.17, 15) is 0 Å². The van der Waals surface area contributed by atoms with Crippen molar-refractivity contribution in [3.63, 3.8) is 0 Å². The molecule has 11 heavy (non-hydrogen) atoms. The summed E-state index contributed by atoms with van der Waals surface area (Å²) in [5.41, 5.74) is 0. The molecule has 1 heteroatoms. The first-order valence-electron chi connectivity index (χ1n) is 4.99. The van der Waals surface area contributed by atoms with Crippen LogP contribution in [0.25, 0.3) is 0 Å². The average molecular weight is 155 g/mol. The molecule has 0 spiro atoms.